The van der Waals surface area contributed by atoms with Crippen LogP contribution in [0.15, 0.2) is 24.3 Å². The number of ether oxygens (including phenoxy) is 2. The molecule has 0 spiro atoms. The number of rotatable bonds is 6. The number of benzene rings is 1. The molecule has 5 heteroatoms. The summed E-state index contributed by atoms with van der Waals surface area (Å²) in [6.07, 6.45) is 0. The Morgan fingerprint density at radius 1 is 1.19 bits per heavy atom. The molecule has 0 N–H and O–H groups in total. The Morgan fingerprint density at radius 3 is 2.62 bits per heavy atom. The summed E-state index contributed by atoms with van der Waals surface area (Å²) in [4.78, 5) is 16.2. The number of hydrogen-bond acceptors (Lipinski definition) is 4. The highest BCUT2D eigenvalue weighted by Gasteiger charge is 2.21. The molecule has 0 aromatic heterocycles. The molecule has 1 aliphatic rings. The number of carbonyl (C=O) groups excluding carboxylic acids is 1. The molecule has 2 rings (SSSR count). The fourth-order valence-electron chi connectivity index (χ4n) is 2.43. The second-order valence-electron chi connectivity index (χ2n) is 5.25. The van der Waals surface area contributed by atoms with E-state index in [9.17, 15) is 4.79 Å². The first-order valence-corrected chi connectivity index (χ1v) is 7.37. The van der Waals surface area contributed by atoms with E-state index in [1.165, 1.54) is 11.3 Å². The van der Waals surface area contributed by atoms with Crippen LogP contribution in [0, 0.1) is 6.92 Å². The van der Waals surface area contributed by atoms with Gasteiger partial charge in [-0.1, -0.05) is 12.1 Å². The third kappa shape index (κ3) is 4.72. The highest BCUT2D eigenvalue weighted by Crippen LogP contribution is 2.17. The standard InChI is InChI=1S/C16H24N2O3/c1-14-4-3-5-15(12-14)17-6-8-18(9-7-17)16(19)13-21-11-10-20-2/h3-5,12H,6-11,13H2,1-2H3. The molecule has 1 aliphatic heterocycles. The Balaban J connectivity index is 1.76. The van der Waals surface area contributed by atoms with E-state index in [0.29, 0.717) is 13.2 Å². The van der Waals surface area contributed by atoms with Crippen molar-refractivity contribution in [1.82, 2.24) is 4.90 Å². The first kappa shape index (κ1) is 15.8. The molecular formula is C16H24N2O3. The van der Waals surface area contributed by atoms with Crippen LogP contribution in [-0.2, 0) is 14.3 Å². The molecule has 1 aromatic carbocycles. The second kappa shape index (κ2) is 8.00. The van der Waals surface area contributed by atoms with Crippen molar-refractivity contribution in [2.45, 2.75) is 6.92 Å². The van der Waals surface area contributed by atoms with E-state index < -0.39 is 0 Å². The molecular weight excluding hydrogens is 268 g/mol. The van der Waals surface area contributed by atoms with Gasteiger partial charge in [-0.2, -0.15) is 0 Å². The normalized spacial score (nSPS) is 15.3. The van der Waals surface area contributed by atoms with Gasteiger partial charge in [-0.15, -0.1) is 0 Å². The van der Waals surface area contributed by atoms with Gasteiger partial charge in [0, 0.05) is 39.0 Å². The molecule has 1 saturated heterocycles. The van der Waals surface area contributed by atoms with Crippen molar-refractivity contribution in [3.05, 3.63) is 29.8 Å². The first-order valence-electron chi connectivity index (χ1n) is 7.37. The van der Waals surface area contributed by atoms with Crippen molar-refractivity contribution < 1.29 is 14.3 Å². The Labute approximate surface area is 126 Å². The lowest BCUT2D eigenvalue weighted by Crippen LogP contribution is -2.49. The number of piperazine rings is 1. The van der Waals surface area contributed by atoms with Crippen LogP contribution < -0.4 is 4.90 Å². The zero-order valence-electron chi connectivity index (χ0n) is 12.9. The van der Waals surface area contributed by atoms with E-state index in [-0.39, 0.29) is 12.5 Å². The van der Waals surface area contributed by atoms with Crippen molar-refractivity contribution in [2.75, 3.05) is 58.0 Å². The number of aryl methyl sites for hydroxylation is 1. The smallest absolute Gasteiger partial charge is 0.248 e. The van der Waals surface area contributed by atoms with Crippen LogP contribution in [-0.4, -0.2) is 63.9 Å². The lowest BCUT2D eigenvalue weighted by molar-refractivity contribution is -0.136. The number of methoxy groups -OCH3 is 1. The van der Waals surface area contributed by atoms with Gasteiger partial charge >= 0.3 is 0 Å². The zero-order valence-corrected chi connectivity index (χ0v) is 12.9. The lowest BCUT2D eigenvalue weighted by atomic mass is 10.2. The molecule has 1 amide bonds. The predicted molar refractivity (Wildman–Crippen MR) is 82.7 cm³/mol. The van der Waals surface area contributed by atoms with Crippen molar-refractivity contribution in [2.24, 2.45) is 0 Å². The highest BCUT2D eigenvalue weighted by molar-refractivity contribution is 5.77. The summed E-state index contributed by atoms with van der Waals surface area (Å²) in [6.45, 7) is 6.47. The summed E-state index contributed by atoms with van der Waals surface area (Å²) in [6, 6.07) is 8.48. The molecule has 0 atom stereocenters. The summed E-state index contributed by atoms with van der Waals surface area (Å²) in [5.41, 5.74) is 2.50. The molecule has 0 radical (unpaired) electrons. The van der Waals surface area contributed by atoms with E-state index in [1.807, 2.05) is 4.90 Å². The summed E-state index contributed by atoms with van der Waals surface area (Å²) in [7, 11) is 1.62. The fraction of sp³-hybridized carbons (Fsp3) is 0.562. The molecule has 5 nitrogen and oxygen atoms in total. The van der Waals surface area contributed by atoms with Crippen LogP contribution in [0.25, 0.3) is 0 Å². The topological polar surface area (TPSA) is 42.0 Å². The van der Waals surface area contributed by atoms with Gasteiger partial charge < -0.3 is 19.3 Å². The first-order chi connectivity index (χ1) is 10.2. The molecule has 116 valence electrons. The quantitative estimate of drug-likeness (QED) is 0.741. The Hall–Kier alpha value is -1.59. The molecule has 1 fully saturated rings. The maximum Gasteiger partial charge on any atom is 0.248 e. The second-order valence-corrected chi connectivity index (χ2v) is 5.25. The minimum atomic E-state index is 0.0648. The Kier molecular flexibility index (Phi) is 6.02. The highest BCUT2D eigenvalue weighted by atomic mass is 16.5. The number of nitrogens with zero attached hydrogens (tertiary/aromatic N) is 2. The summed E-state index contributed by atoms with van der Waals surface area (Å²) < 4.78 is 10.2. The predicted octanol–water partition coefficient (Wildman–Crippen LogP) is 1.31. The van der Waals surface area contributed by atoms with Gasteiger partial charge in [-0.3, -0.25) is 4.79 Å². The average molecular weight is 292 g/mol. The van der Waals surface area contributed by atoms with Crippen LogP contribution in [0.3, 0.4) is 0 Å². The van der Waals surface area contributed by atoms with Gasteiger partial charge in [0.2, 0.25) is 5.91 Å². The number of hydrogen-bond donors (Lipinski definition) is 0. The zero-order chi connectivity index (χ0) is 15.1. The van der Waals surface area contributed by atoms with E-state index in [2.05, 4.69) is 36.1 Å². The van der Waals surface area contributed by atoms with Gasteiger partial charge in [0.1, 0.15) is 6.61 Å². The van der Waals surface area contributed by atoms with E-state index in [1.54, 1.807) is 7.11 Å². The lowest BCUT2D eigenvalue weighted by Gasteiger charge is -2.36. The van der Waals surface area contributed by atoms with Crippen molar-refractivity contribution >= 4 is 11.6 Å². The molecule has 0 unspecified atom stereocenters. The van der Waals surface area contributed by atoms with Crippen molar-refractivity contribution in [1.29, 1.82) is 0 Å². The maximum absolute atomic E-state index is 12.0. The Bertz CT molecular complexity index is 457. The summed E-state index contributed by atoms with van der Waals surface area (Å²) >= 11 is 0. The summed E-state index contributed by atoms with van der Waals surface area (Å²) in [5.74, 6) is 0.0648. The monoisotopic (exact) mass is 292 g/mol. The molecule has 1 heterocycles. The summed E-state index contributed by atoms with van der Waals surface area (Å²) in [5, 5.41) is 0. The van der Waals surface area contributed by atoms with Crippen molar-refractivity contribution in [3.63, 3.8) is 0 Å². The minimum Gasteiger partial charge on any atom is -0.382 e. The average Bonchev–Trinajstić information content (AvgIpc) is 2.51. The SMILES string of the molecule is COCCOCC(=O)N1CCN(c2cccc(C)c2)CC1. The molecule has 1 aromatic rings. The Morgan fingerprint density at radius 2 is 1.95 bits per heavy atom. The number of amides is 1. The van der Waals surface area contributed by atoms with E-state index in [0.717, 1.165) is 26.2 Å². The maximum atomic E-state index is 12.0. The third-order valence-corrected chi connectivity index (χ3v) is 3.66. The van der Waals surface area contributed by atoms with Gasteiger partial charge in [-0.25, -0.2) is 0 Å². The van der Waals surface area contributed by atoms with Crippen LogP contribution in [0.2, 0.25) is 0 Å². The molecule has 0 aliphatic carbocycles. The van der Waals surface area contributed by atoms with Gasteiger partial charge in [0.15, 0.2) is 0 Å². The van der Waals surface area contributed by atoms with Crippen LogP contribution >= 0.6 is 0 Å². The largest absolute Gasteiger partial charge is 0.382 e. The number of carbonyl (C=O) groups is 1. The van der Waals surface area contributed by atoms with Crippen LogP contribution in [0.4, 0.5) is 5.69 Å². The molecule has 0 bridgehead atoms. The molecule has 0 saturated carbocycles. The minimum absolute atomic E-state index is 0.0648. The van der Waals surface area contributed by atoms with E-state index in [4.69, 9.17) is 9.47 Å². The van der Waals surface area contributed by atoms with Crippen LogP contribution in [0.5, 0.6) is 0 Å². The van der Waals surface area contributed by atoms with E-state index >= 15 is 0 Å². The van der Waals surface area contributed by atoms with Gasteiger partial charge in [-0.05, 0) is 24.6 Å². The third-order valence-electron chi connectivity index (χ3n) is 3.66. The van der Waals surface area contributed by atoms with Gasteiger partial charge in [0.25, 0.3) is 0 Å². The fourth-order valence-corrected chi connectivity index (χ4v) is 2.43. The van der Waals surface area contributed by atoms with Crippen LogP contribution in [0.1, 0.15) is 5.56 Å². The van der Waals surface area contributed by atoms with Gasteiger partial charge in [0.05, 0.1) is 13.2 Å². The molecule has 21 heavy (non-hydrogen) atoms. The number of anilines is 1. The van der Waals surface area contributed by atoms with Crippen molar-refractivity contribution in [3.8, 4) is 0 Å².